The van der Waals surface area contributed by atoms with Gasteiger partial charge in [0.05, 0.1) is 0 Å². The van der Waals surface area contributed by atoms with Gasteiger partial charge in [-0.25, -0.2) is 0 Å². The topological polar surface area (TPSA) is 0 Å². The number of rotatable bonds is 13. The predicted molar refractivity (Wildman–Crippen MR) is 106 cm³/mol. The zero-order chi connectivity index (χ0) is 14.9. The Hall–Kier alpha value is 1.17. The van der Waals surface area contributed by atoms with Crippen LogP contribution in [0.2, 0.25) is 0 Å². The zero-order valence-electron chi connectivity index (χ0n) is 14.2. The van der Waals surface area contributed by atoms with Crippen LogP contribution in [0.25, 0.3) is 0 Å². The second-order valence-corrected chi connectivity index (χ2v) is 25.7. The van der Waals surface area contributed by atoms with E-state index in [2.05, 4.69) is 47.6 Å². The molecule has 1 aromatic rings. The van der Waals surface area contributed by atoms with E-state index in [9.17, 15) is 0 Å². The summed E-state index contributed by atoms with van der Waals surface area (Å²) >= 11 is 0. The maximum absolute atomic E-state index is 2.39. The van der Waals surface area contributed by atoms with Crippen LogP contribution in [0.15, 0.2) is 0 Å². The molecule has 0 aliphatic rings. The van der Waals surface area contributed by atoms with Crippen molar-refractivity contribution in [1.82, 2.24) is 0 Å². The molecule has 0 aliphatic carbocycles. The van der Waals surface area contributed by atoms with Crippen LogP contribution >= 0.6 is 31.8 Å². The molecule has 1 aromatic heterocycles. The van der Waals surface area contributed by atoms with Gasteiger partial charge in [-0.2, -0.15) is 0 Å². The van der Waals surface area contributed by atoms with Crippen LogP contribution in [0, 0.1) is 0 Å². The number of hydrogen-bond donors (Lipinski definition) is 0. The van der Waals surface area contributed by atoms with Gasteiger partial charge in [0, 0.05) is 0 Å². The fourth-order valence-corrected chi connectivity index (χ4v) is 38.2. The number of hydrogen-bond acceptors (Lipinski definition) is 2. The van der Waals surface area contributed by atoms with Gasteiger partial charge in [-0.1, -0.05) is 0 Å². The summed E-state index contributed by atoms with van der Waals surface area (Å²) in [6.45, 7) is 9.58. The van der Waals surface area contributed by atoms with Crippen molar-refractivity contribution in [3.8, 4) is 0 Å². The van der Waals surface area contributed by atoms with Gasteiger partial charge in [0.1, 0.15) is 0 Å². The molecule has 0 N–H and O–H groups in total. The van der Waals surface area contributed by atoms with Crippen molar-refractivity contribution in [2.24, 2.45) is 0 Å². The standard InChI is InChI=1S/C16H36P2S2/c1-5-9-13-18(14-10-6-2,15-11-7-3,16-12-8-4)17-19-20-17/h5-16H2,1-4H3. The molecular weight excluding hydrogens is 318 g/mol. The van der Waals surface area contributed by atoms with Crippen molar-refractivity contribution < 1.29 is 0 Å². The molecule has 0 radical (unpaired) electrons. The molecule has 122 valence electrons. The fraction of sp³-hybridized carbons (Fsp3) is 1.00. The summed E-state index contributed by atoms with van der Waals surface area (Å²) in [6.07, 6.45) is 16.8. The van der Waals surface area contributed by atoms with E-state index >= 15 is 0 Å². The van der Waals surface area contributed by atoms with E-state index < -0.39 is 6.29 Å². The molecule has 0 nitrogen and oxygen atoms in total. The molecule has 0 aromatic carbocycles. The second-order valence-electron chi connectivity index (χ2n) is 6.60. The van der Waals surface area contributed by atoms with Crippen LogP contribution in [-0.2, 0) is 0 Å². The first kappa shape index (κ1) is 19.2. The molecule has 0 saturated carbocycles. The predicted octanol–water partition coefficient (Wildman–Crippen LogP) is 8.31. The molecule has 20 heavy (non-hydrogen) atoms. The van der Waals surface area contributed by atoms with Crippen LogP contribution in [0.3, 0.4) is 0 Å². The van der Waals surface area contributed by atoms with E-state index in [1.54, 1.807) is 24.6 Å². The monoisotopic (exact) mass is 354 g/mol. The molecule has 4 heteroatoms. The minimum absolute atomic E-state index is 0.335. The summed E-state index contributed by atoms with van der Waals surface area (Å²) in [6, 6.07) is 0. The summed E-state index contributed by atoms with van der Waals surface area (Å²) in [4.78, 5) is 0. The van der Waals surface area contributed by atoms with Gasteiger partial charge < -0.3 is 0 Å². The maximum atomic E-state index is 2.39. The average molecular weight is 355 g/mol. The Bertz CT molecular complexity index is 286. The quantitative estimate of drug-likeness (QED) is 0.247. The van der Waals surface area contributed by atoms with E-state index in [-0.39, 0.29) is 0 Å². The van der Waals surface area contributed by atoms with Crippen LogP contribution in [0.4, 0.5) is 0 Å². The van der Waals surface area contributed by atoms with Gasteiger partial charge in [0.2, 0.25) is 0 Å². The molecular formula is C16H36P2S2. The molecule has 1 heterocycles. The van der Waals surface area contributed by atoms with Crippen molar-refractivity contribution in [2.45, 2.75) is 79.1 Å². The summed E-state index contributed by atoms with van der Waals surface area (Å²) in [7, 11) is 4.63. The first-order valence-electron chi connectivity index (χ1n) is 8.83. The van der Waals surface area contributed by atoms with E-state index in [1.807, 2.05) is 0 Å². The van der Waals surface area contributed by atoms with E-state index in [4.69, 9.17) is 0 Å². The molecule has 0 fully saturated rings. The molecule has 0 amide bonds. The Kier molecular flexibility index (Phi) is 8.98. The van der Waals surface area contributed by atoms with Crippen LogP contribution in [-0.4, -0.2) is 24.6 Å². The Labute approximate surface area is 135 Å². The third kappa shape index (κ3) is 4.84. The third-order valence-corrected chi connectivity index (χ3v) is 32.5. The summed E-state index contributed by atoms with van der Waals surface area (Å²) < 4.78 is 0. The molecule has 0 aliphatic heterocycles. The molecule has 0 saturated heterocycles. The van der Waals surface area contributed by atoms with Gasteiger partial charge in [0.25, 0.3) is 0 Å². The van der Waals surface area contributed by atoms with Crippen molar-refractivity contribution in [2.75, 3.05) is 24.6 Å². The van der Waals surface area contributed by atoms with E-state index in [1.165, 1.54) is 51.4 Å². The molecule has 1 rings (SSSR count). The van der Waals surface area contributed by atoms with Crippen LogP contribution in [0.5, 0.6) is 0 Å². The second kappa shape index (κ2) is 9.34. The van der Waals surface area contributed by atoms with Gasteiger partial charge in [-0.3, -0.25) is 0 Å². The van der Waals surface area contributed by atoms with Crippen molar-refractivity contribution >= 4 is 31.8 Å². The Morgan fingerprint density at radius 2 is 0.900 bits per heavy atom. The summed E-state index contributed by atoms with van der Waals surface area (Å²) in [5.74, 6) is 0. The normalized spacial score (nSPS) is 14.5. The molecule has 0 bridgehead atoms. The Morgan fingerprint density at radius 1 is 0.600 bits per heavy atom. The fourth-order valence-electron chi connectivity index (χ4n) is 3.46. The molecule has 0 atom stereocenters. The van der Waals surface area contributed by atoms with Crippen molar-refractivity contribution in [3.63, 3.8) is 0 Å². The average Bonchev–Trinajstić information content (AvgIpc) is 3.32. The first-order chi connectivity index (χ1) is 9.67. The van der Waals surface area contributed by atoms with Crippen LogP contribution < -0.4 is 0 Å². The van der Waals surface area contributed by atoms with Gasteiger partial charge in [-0.05, 0) is 0 Å². The zero-order valence-corrected chi connectivity index (χ0v) is 17.6. The number of unbranched alkanes of at least 4 members (excludes halogenated alkanes) is 4. The van der Waals surface area contributed by atoms with Crippen molar-refractivity contribution in [3.05, 3.63) is 0 Å². The van der Waals surface area contributed by atoms with Gasteiger partial charge >= 0.3 is 135 Å². The summed E-state index contributed by atoms with van der Waals surface area (Å²) in [5, 5.41) is 0. The van der Waals surface area contributed by atoms with Crippen LogP contribution in [0.1, 0.15) is 79.1 Å². The van der Waals surface area contributed by atoms with Gasteiger partial charge in [-0.15, -0.1) is 0 Å². The SMILES string of the molecule is CCCCP(CCCC)(CCCC)(CCCC)p1ss1. The third-order valence-electron chi connectivity index (χ3n) is 4.95. The minimum atomic E-state index is -1.39. The Morgan fingerprint density at radius 3 is 1.10 bits per heavy atom. The Balaban J connectivity index is 3.02. The van der Waals surface area contributed by atoms with Gasteiger partial charge in [0.15, 0.2) is 0 Å². The molecule has 0 spiro atoms. The van der Waals surface area contributed by atoms with E-state index in [0.717, 1.165) is 0 Å². The summed E-state index contributed by atoms with van der Waals surface area (Å²) in [5.41, 5.74) is 0.335. The molecule has 0 unspecified atom stereocenters. The van der Waals surface area contributed by atoms with Crippen molar-refractivity contribution in [1.29, 1.82) is 0 Å². The van der Waals surface area contributed by atoms with E-state index in [0.29, 0.717) is 5.58 Å². The first-order valence-corrected chi connectivity index (χ1v) is 17.2.